The molecular weight excluding hydrogens is 401 g/mol. The van der Waals surface area contributed by atoms with E-state index in [2.05, 4.69) is 19.4 Å². The topological polar surface area (TPSA) is 93.7 Å². The summed E-state index contributed by atoms with van der Waals surface area (Å²) < 4.78 is 73.7. The zero-order valence-corrected chi connectivity index (χ0v) is 15.3. The number of para-hydroxylation sites is 1. The molecule has 2 aromatic rings. The minimum absolute atomic E-state index is 0.182. The smallest absolute Gasteiger partial charge is 0.404 e. The SMILES string of the molecule is O=S(=O)(NCc1nccc(N2CCOCC2)n1)c1ccccc1OC(F)(F)F. The Morgan fingerprint density at radius 2 is 1.89 bits per heavy atom. The van der Waals surface area contributed by atoms with E-state index in [1.807, 2.05) is 4.90 Å². The number of sulfonamides is 1. The van der Waals surface area contributed by atoms with Gasteiger partial charge in [0.2, 0.25) is 10.0 Å². The van der Waals surface area contributed by atoms with Crippen LogP contribution in [0.25, 0.3) is 0 Å². The number of morpholine rings is 1. The van der Waals surface area contributed by atoms with E-state index in [9.17, 15) is 21.6 Å². The number of anilines is 1. The number of hydrogen-bond acceptors (Lipinski definition) is 7. The van der Waals surface area contributed by atoms with Crippen molar-refractivity contribution in [1.29, 1.82) is 0 Å². The number of rotatable bonds is 6. The molecule has 0 saturated carbocycles. The molecule has 2 heterocycles. The summed E-state index contributed by atoms with van der Waals surface area (Å²) in [7, 11) is -4.29. The van der Waals surface area contributed by atoms with Crippen LogP contribution in [0.5, 0.6) is 5.75 Å². The molecule has 152 valence electrons. The Morgan fingerprint density at radius 3 is 2.61 bits per heavy atom. The summed E-state index contributed by atoms with van der Waals surface area (Å²) in [4.78, 5) is 9.64. The Labute approximate surface area is 159 Å². The van der Waals surface area contributed by atoms with Crippen LogP contribution in [0.4, 0.5) is 19.0 Å². The van der Waals surface area contributed by atoms with Crippen LogP contribution in [-0.2, 0) is 21.3 Å². The third kappa shape index (κ3) is 5.30. The molecule has 8 nitrogen and oxygen atoms in total. The first-order valence-corrected chi connectivity index (χ1v) is 9.72. The Kier molecular flexibility index (Phi) is 6.01. The summed E-state index contributed by atoms with van der Waals surface area (Å²) in [5.74, 6) is -0.0134. The van der Waals surface area contributed by atoms with E-state index in [0.717, 1.165) is 12.1 Å². The van der Waals surface area contributed by atoms with E-state index in [4.69, 9.17) is 4.74 Å². The minimum Gasteiger partial charge on any atom is -0.404 e. The van der Waals surface area contributed by atoms with Crippen molar-refractivity contribution in [3.63, 3.8) is 0 Å². The number of hydrogen-bond donors (Lipinski definition) is 1. The summed E-state index contributed by atoms with van der Waals surface area (Å²) in [6.45, 7) is 2.11. The number of nitrogens with one attached hydrogen (secondary N) is 1. The van der Waals surface area contributed by atoms with Gasteiger partial charge in [-0.3, -0.25) is 0 Å². The quantitative estimate of drug-likeness (QED) is 0.763. The largest absolute Gasteiger partial charge is 0.573 e. The van der Waals surface area contributed by atoms with Gasteiger partial charge in [-0.1, -0.05) is 12.1 Å². The number of ether oxygens (including phenoxy) is 2. The van der Waals surface area contributed by atoms with Gasteiger partial charge in [-0.05, 0) is 18.2 Å². The predicted octanol–water partition coefficient (Wildman–Crippen LogP) is 1.69. The molecule has 0 unspecified atom stereocenters. The van der Waals surface area contributed by atoms with Gasteiger partial charge in [0, 0.05) is 19.3 Å². The van der Waals surface area contributed by atoms with Gasteiger partial charge in [-0.15, -0.1) is 13.2 Å². The van der Waals surface area contributed by atoms with Crippen LogP contribution in [0.3, 0.4) is 0 Å². The third-order valence-corrected chi connectivity index (χ3v) is 5.25. The van der Waals surface area contributed by atoms with Crippen LogP contribution in [0.15, 0.2) is 41.4 Å². The van der Waals surface area contributed by atoms with E-state index < -0.39 is 27.0 Å². The molecule has 1 saturated heterocycles. The van der Waals surface area contributed by atoms with Crippen LogP contribution >= 0.6 is 0 Å². The van der Waals surface area contributed by atoms with Crippen molar-refractivity contribution < 1.29 is 31.1 Å². The van der Waals surface area contributed by atoms with Gasteiger partial charge in [0.05, 0.1) is 19.8 Å². The third-order valence-electron chi connectivity index (χ3n) is 3.81. The average Bonchev–Trinajstić information content (AvgIpc) is 2.66. The van der Waals surface area contributed by atoms with E-state index in [1.165, 1.54) is 18.3 Å². The summed E-state index contributed by atoms with van der Waals surface area (Å²) in [6, 6.07) is 6.18. The molecule has 1 N–H and O–H groups in total. The number of benzene rings is 1. The molecule has 0 aliphatic carbocycles. The van der Waals surface area contributed by atoms with Gasteiger partial charge < -0.3 is 14.4 Å². The molecule has 28 heavy (non-hydrogen) atoms. The monoisotopic (exact) mass is 418 g/mol. The molecule has 12 heteroatoms. The van der Waals surface area contributed by atoms with Gasteiger partial charge in [0.15, 0.2) is 0 Å². The van der Waals surface area contributed by atoms with E-state index >= 15 is 0 Å². The molecule has 0 radical (unpaired) electrons. The first-order valence-electron chi connectivity index (χ1n) is 8.24. The molecule has 1 aromatic heterocycles. The van der Waals surface area contributed by atoms with Crippen molar-refractivity contribution in [1.82, 2.24) is 14.7 Å². The van der Waals surface area contributed by atoms with E-state index in [0.29, 0.717) is 32.1 Å². The highest BCUT2D eigenvalue weighted by atomic mass is 32.2. The first kappa shape index (κ1) is 20.3. The van der Waals surface area contributed by atoms with Gasteiger partial charge in [-0.25, -0.2) is 23.1 Å². The van der Waals surface area contributed by atoms with Crippen molar-refractivity contribution in [3.05, 3.63) is 42.4 Å². The standard InChI is InChI=1S/C16H17F3N4O4S/c17-16(18,19)27-12-3-1-2-4-13(12)28(24,25)21-11-14-20-6-5-15(22-14)23-7-9-26-10-8-23/h1-6,21H,7-11H2. The maximum atomic E-state index is 12.5. The molecule has 0 spiro atoms. The zero-order chi connectivity index (χ0) is 20.2. The van der Waals surface area contributed by atoms with Gasteiger partial charge >= 0.3 is 6.36 Å². The highest BCUT2D eigenvalue weighted by molar-refractivity contribution is 7.89. The van der Waals surface area contributed by atoms with Crippen molar-refractivity contribution in [2.24, 2.45) is 0 Å². The van der Waals surface area contributed by atoms with Gasteiger partial charge in [0.1, 0.15) is 22.3 Å². The van der Waals surface area contributed by atoms with Crippen molar-refractivity contribution in [3.8, 4) is 5.75 Å². The summed E-state index contributed by atoms with van der Waals surface area (Å²) in [5, 5.41) is 0. The predicted molar refractivity (Wildman–Crippen MR) is 92.2 cm³/mol. The lowest BCUT2D eigenvalue weighted by molar-refractivity contribution is -0.275. The second-order valence-corrected chi connectivity index (χ2v) is 7.48. The van der Waals surface area contributed by atoms with Crippen LogP contribution in [0.2, 0.25) is 0 Å². The van der Waals surface area contributed by atoms with E-state index in [-0.39, 0.29) is 12.4 Å². The summed E-state index contributed by atoms with van der Waals surface area (Å²) in [6.07, 6.45) is -3.52. The second-order valence-electron chi connectivity index (χ2n) is 5.75. The Balaban J connectivity index is 1.74. The van der Waals surface area contributed by atoms with Gasteiger partial charge in [-0.2, -0.15) is 0 Å². The molecule has 3 rings (SSSR count). The minimum atomic E-state index is -5.01. The number of nitrogens with zero attached hydrogens (tertiary/aromatic N) is 3. The number of aromatic nitrogens is 2. The molecule has 0 bridgehead atoms. The first-order chi connectivity index (χ1) is 13.2. The Hall–Kier alpha value is -2.44. The van der Waals surface area contributed by atoms with Crippen LogP contribution < -0.4 is 14.4 Å². The Bertz CT molecular complexity index is 918. The van der Waals surface area contributed by atoms with Crippen molar-refractivity contribution in [2.45, 2.75) is 17.8 Å². The molecular formula is C16H17F3N4O4S. The maximum absolute atomic E-state index is 12.5. The maximum Gasteiger partial charge on any atom is 0.573 e. The zero-order valence-electron chi connectivity index (χ0n) is 14.5. The molecule has 0 amide bonds. The average molecular weight is 418 g/mol. The summed E-state index contributed by atoms with van der Waals surface area (Å²) >= 11 is 0. The lowest BCUT2D eigenvalue weighted by Crippen LogP contribution is -2.37. The van der Waals surface area contributed by atoms with Crippen molar-refractivity contribution >= 4 is 15.8 Å². The Morgan fingerprint density at radius 1 is 1.18 bits per heavy atom. The highest BCUT2D eigenvalue weighted by Crippen LogP contribution is 2.29. The van der Waals surface area contributed by atoms with E-state index in [1.54, 1.807) is 6.07 Å². The molecule has 0 atom stereocenters. The lowest BCUT2D eigenvalue weighted by Gasteiger charge is -2.27. The van der Waals surface area contributed by atoms with Crippen molar-refractivity contribution in [2.75, 3.05) is 31.2 Å². The summed E-state index contributed by atoms with van der Waals surface area (Å²) in [5.41, 5.74) is 0. The fourth-order valence-corrected chi connectivity index (χ4v) is 3.67. The molecule has 1 fully saturated rings. The lowest BCUT2D eigenvalue weighted by atomic mass is 10.3. The van der Waals surface area contributed by atoms with Crippen LogP contribution in [-0.4, -0.2) is 51.1 Å². The molecule has 1 aliphatic rings. The van der Waals surface area contributed by atoms with Gasteiger partial charge in [0.25, 0.3) is 0 Å². The number of alkyl halides is 3. The molecule has 1 aromatic carbocycles. The highest BCUT2D eigenvalue weighted by Gasteiger charge is 2.34. The fourth-order valence-electron chi connectivity index (χ4n) is 2.56. The molecule has 1 aliphatic heterocycles. The fraction of sp³-hybridized carbons (Fsp3) is 0.375. The normalized spacial score (nSPS) is 15.5. The van der Waals surface area contributed by atoms with Crippen LogP contribution in [0, 0.1) is 0 Å². The number of halogens is 3. The van der Waals surface area contributed by atoms with Crippen LogP contribution in [0.1, 0.15) is 5.82 Å². The second kappa shape index (κ2) is 8.29.